The van der Waals surface area contributed by atoms with Crippen LogP contribution in [0.25, 0.3) is 0 Å². The number of anilines is 1. The summed E-state index contributed by atoms with van der Waals surface area (Å²) in [5.74, 6) is -0.690. The fraction of sp³-hybridized carbons (Fsp3) is 0.0909. The summed E-state index contributed by atoms with van der Waals surface area (Å²) in [7, 11) is -3.55. The van der Waals surface area contributed by atoms with Gasteiger partial charge in [0.25, 0.3) is 0 Å². The molecule has 0 unspecified atom stereocenters. The molecular weight excluding hydrogens is 341 g/mol. The van der Waals surface area contributed by atoms with Gasteiger partial charge in [-0.25, -0.2) is 12.8 Å². The van der Waals surface area contributed by atoms with Gasteiger partial charge in [0.05, 0.1) is 20.1 Å². The highest BCUT2D eigenvalue weighted by atomic mass is 79.9. The Bertz CT molecular complexity index is 682. The molecule has 0 saturated heterocycles. The van der Waals surface area contributed by atoms with Crippen molar-refractivity contribution >= 4 is 42.8 Å². The Balaban J connectivity index is 2.36. The third kappa shape index (κ3) is 2.90. The van der Waals surface area contributed by atoms with E-state index in [1.807, 2.05) is 0 Å². The molecule has 1 aromatic carbocycles. The van der Waals surface area contributed by atoms with Gasteiger partial charge in [-0.05, 0) is 46.3 Å². The minimum atomic E-state index is -3.55. The molecule has 0 amide bonds. The van der Waals surface area contributed by atoms with Crippen LogP contribution in [-0.2, 0) is 15.6 Å². The predicted molar refractivity (Wildman–Crippen MR) is 73.7 cm³/mol. The third-order valence-electron chi connectivity index (χ3n) is 2.27. The van der Waals surface area contributed by atoms with Gasteiger partial charge in [-0.15, -0.1) is 11.3 Å². The lowest BCUT2D eigenvalue weighted by Crippen LogP contribution is -2.07. The smallest absolute Gasteiger partial charge is 0.185 e. The molecule has 18 heavy (non-hydrogen) atoms. The molecule has 0 radical (unpaired) electrons. The molecule has 0 aliphatic heterocycles. The van der Waals surface area contributed by atoms with Crippen LogP contribution in [0.2, 0.25) is 0 Å². The van der Waals surface area contributed by atoms with Crippen LogP contribution in [0, 0.1) is 5.82 Å². The first-order chi connectivity index (χ1) is 8.38. The van der Waals surface area contributed by atoms with Crippen LogP contribution in [0.4, 0.5) is 10.1 Å². The van der Waals surface area contributed by atoms with Gasteiger partial charge in [-0.1, -0.05) is 0 Å². The fourth-order valence-electron chi connectivity index (χ4n) is 1.50. The molecular formula is C11H9BrFNO2S2. The second-order valence-corrected chi connectivity index (χ2v) is 8.15. The van der Waals surface area contributed by atoms with Gasteiger partial charge in [0, 0.05) is 4.88 Å². The van der Waals surface area contributed by atoms with E-state index in [2.05, 4.69) is 15.9 Å². The van der Waals surface area contributed by atoms with Crippen LogP contribution in [-0.4, -0.2) is 8.42 Å². The quantitative estimate of drug-likeness (QED) is 0.683. The molecule has 0 fully saturated rings. The van der Waals surface area contributed by atoms with E-state index in [4.69, 9.17) is 5.73 Å². The average Bonchev–Trinajstić information content (AvgIpc) is 2.62. The molecule has 3 nitrogen and oxygen atoms in total. The summed E-state index contributed by atoms with van der Waals surface area (Å²) in [6.07, 6.45) is 0. The van der Waals surface area contributed by atoms with Gasteiger partial charge in [-0.3, -0.25) is 0 Å². The van der Waals surface area contributed by atoms with E-state index in [-0.39, 0.29) is 16.3 Å². The lowest BCUT2D eigenvalue weighted by molar-refractivity contribution is 0.595. The monoisotopic (exact) mass is 349 g/mol. The molecule has 0 bridgehead atoms. The molecule has 1 aromatic heterocycles. The number of nitrogen functional groups attached to an aromatic ring is 1. The van der Waals surface area contributed by atoms with Crippen LogP contribution in [0.15, 0.2) is 39.0 Å². The Labute approximate surface area is 116 Å². The number of sulfone groups is 1. The molecule has 2 rings (SSSR count). The molecule has 0 aliphatic carbocycles. The van der Waals surface area contributed by atoms with Gasteiger partial charge in [0.15, 0.2) is 9.84 Å². The number of hydrogen-bond acceptors (Lipinski definition) is 4. The molecule has 0 atom stereocenters. The van der Waals surface area contributed by atoms with Gasteiger partial charge in [0.2, 0.25) is 0 Å². The predicted octanol–water partition coefficient (Wildman–Crippen LogP) is 3.21. The van der Waals surface area contributed by atoms with Crippen LogP contribution in [0.3, 0.4) is 0 Å². The molecule has 7 heteroatoms. The van der Waals surface area contributed by atoms with Gasteiger partial charge in [0.1, 0.15) is 5.82 Å². The van der Waals surface area contributed by atoms with Crippen LogP contribution >= 0.6 is 27.3 Å². The Hall–Kier alpha value is -0.920. The lowest BCUT2D eigenvalue weighted by atomic mass is 10.3. The summed E-state index contributed by atoms with van der Waals surface area (Å²) in [6.45, 7) is 0. The highest BCUT2D eigenvalue weighted by Crippen LogP contribution is 2.28. The van der Waals surface area contributed by atoms with E-state index in [0.717, 1.165) is 15.9 Å². The zero-order valence-corrected chi connectivity index (χ0v) is 12.3. The first-order valence-electron chi connectivity index (χ1n) is 4.90. The molecule has 0 aliphatic rings. The van der Waals surface area contributed by atoms with Crippen molar-refractivity contribution in [2.24, 2.45) is 0 Å². The summed E-state index contributed by atoms with van der Waals surface area (Å²) < 4.78 is 38.0. The van der Waals surface area contributed by atoms with E-state index in [9.17, 15) is 12.8 Å². The van der Waals surface area contributed by atoms with Gasteiger partial charge in [-0.2, -0.15) is 0 Å². The van der Waals surface area contributed by atoms with E-state index in [1.54, 1.807) is 12.1 Å². The number of hydrogen-bond donors (Lipinski definition) is 1. The van der Waals surface area contributed by atoms with Crippen molar-refractivity contribution in [2.45, 2.75) is 10.6 Å². The van der Waals surface area contributed by atoms with Crippen molar-refractivity contribution in [3.8, 4) is 0 Å². The maximum absolute atomic E-state index is 12.9. The molecule has 96 valence electrons. The first kappa shape index (κ1) is 13.5. The topological polar surface area (TPSA) is 60.2 Å². The molecule has 0 spiro atoms. The van der Waals surface area contributed by atoms with Gasteiger partial charge >= 0.3 is 0 Å². The van der Waals surface area contributed by atoms with Crippen molar-refractivity contribution in [3.63, 3.8) is 0 Å². The molecule has 2 aromatic rings. The fourth-order valence-corrected chi connectivity index (χ4v) is 4.80. The van der Waals surface area contributed by atoms with Crippen molar-refractivity contribution in [3.05, 3.63) is 44.8 Å². The van der Waals surface area contributed by atoms with Crippen molar-refractivity contribution in [1.82, 2.24) is 0 Å². The molecule has 1 heterocycles. The Morgan fingerprint density at radius 2 is 2.00 bits per heavy atom. The zero-order chi connectivity index (χ0) is 13.3. The average molecular weight is 350 g/mol. The normalized spacial score (nSPS) is 11.7. The van der Waals surface area contributed by atoms with Crippen LogP contribution in [0.1, 0.15) is 4.88 Å². The van der Waals surface area contributed by atoms with Crippen molar-refractivity contribution in [2.75, 3.05) is 5.73 Å². The Morgan fingerprint density at radius 1 is 1.28 bits per heavy atom. The Kier molecular flexibility index (Phi) is 3.74. The highest BCUT2D eigenvalue weighted by molar-refractivity contribution is 9.11. The van der Waals surface area contributed by atoms with Crippen LogP contribution in [0.5, 0.6) is 0 Å². The lowest BCUT2D eigenvalue weighted by Gasteiger charge is -2.06. The molecule has 2 N–H and O–H groups in total. The number of nitrogens with two attached hydrogens (primary N) is 1. The van der Waals surface area contributed by atoms with E-state index < -0.39 is 15.7 Å². The van der Waals surface area contributed by atoms with Gasteiger partial charge < -0.3 is 5.73 Å². The van der Waals surface area contributed by atoms with Crippen molar-refractivity contribution in [1.29, 1.82) is 0 Å². The van der Waals surface area contributed by atoms with E-state index >= 15 is 0 Å². The Morgan fingerprint density at radius 3 is 2.56 bits per heavy atom. The second kappa shape index (κ2) is 4.99. The number of benzene rings is 1. The summed E-state index contributed by atoms with van der Waals surface area (Å²) in [5.41, 5.74) is 5.48. The second-order valence-electron chi connectivity index (χ2n) is 3.65. The zero-order valence-electron chi connectivity index (χ0n) is 9.06. The maximum atomic E-state index is 12.9. The number of rotatable bonds is 3. The first-order valence-corrected chi connectivity index (χ1v) is 8.17. The number of halogens is 2. The summed E-state index contributed by atoms with van der Waals surface area (Å²) in [5, 5.41) is 0. The SMILES string of the molecule is Nc1cc(F)ccc1S(=O)(=O)Cc1ccc(Br)s1. The third-order valence-corrected chi connectivity index (χ3v) is 5.81. The van der Waals surface area contributed by atoms with E-state index in [0.29, 0.717) is 4.88 Å². The summed E-state index contributed by atoms with van der Waals surface area (Å²) in [4.78, 5) is 0.666. The molecule has 0 saturated carbocycles. The standard InChI is InChI=1S/C11H9BrFNO2S2/c12-11-4-2-8(17-11)6-18(15,16)10-3-1-7(13)5-9(10)14/h1-5H,6,14H2. The minimum absolute atomic E-state index is 0.0339. The highest BCUT2D eigenvalue weighted by Gasteiger charge is 2.19. The summed E-state index contributed by atoms with van der Waals surface area (Å²) in [6, 6.07) is 6.81. The van der Waals surface area contributed by atoms with Crippen molar-refractivity contribution < 1.29 is 12.8 Å². The summed E-state index contributed by atoms with van der Waals surface area (Å²) >= 11 is 4.61. The largest absolute Gasteiger partial charge is 0.398 e. The van der Waals surface area contributed by atoms with E-state index in [1.165, 1.54) is 17.4 Å². The number of thiophene rings is 1. The maximum Gasteiger partial charge on any atom is 0.185 e. The van der Waals surface area contributed by atoms with Crippen LogP contribution < -0.4 is 5.73 Å². The minimum Gasteiger partial charge on any atom is -0.398 e.